The van der Waals surface area contributed by atoms with Crippen LogP contribution in [0, 0.1) is 5.92 Å². The van der Waals surface area contributed by atoms with E-state index < -0.39 is 23.8 Å². The monoisotopic (exact) mass is 661 g/mol. The first-order chi connectivity index (χ1) is 22.4. The number of carbonyl (C=O) groups excluding carboxylic acids is 3. The summed E-state index contributed by atoms with van der Waals surface area (Å²) in [4.78, 5) is 41.0. The molecule has 0 aliphatic carbocycles. The molecule has 3 aromatic carbocycles. The maximum absolute atomic E-state index is 13.9. The summed E-state index contributed by atoms with van der Waals surface area (Å²) in [5, 5.41) is 12.5. The molecule has 2 bridgehead atoms. The standard InChI is InChI=1S/C36H40ClN3O7/c1-20(2)46-31-19-29-22(15-30(31)45-4)16-32(41)40(33(29)21-5-9-25(37)10-6-21)26-11-7-23(8-12-26)36(3,44)24-17-27-13-14-28(18-24)39(27)35(43)47-34(38)42/h5-12,15,19-20,24,27-28,33,44H,13-14,16-18H2,1-4H3,(H2,38,42). The van der Waals surface area contributed by atoms with Crippen molar-refractivity contribution in [2.75, 3.05) is 12.0 Å². The molecular weight excluding hydrogens is 622 g/mol. The molecule has 0 aromatic heterocycles. The molecule has 47 heavy (non-hydrogen) atoms. The second-order valence-corrected chi connectivity index (χ2v) is 13.5. The number of nitrogens with zero attached hydrogens (tertiary/aromatic N) is 2. The molecule has 2 saturated heterocycles. The first kappa shape index (κ1) is 32.7. The fourth-order valence-corrected chi connectivity index (χ4v) is 7.72. The number of benzene rings is 3. The minimum atomic E-state index is -1.20. The number of hydrogen-bond acceptors (Lipinski definition) is 7. The highest BCUT2D eigenvalue weighted by atomic mass is 35.5. The van der Waals surface area contributed by atoms with E-state index in [-0.39, 0.29) is 36.4 Å². The van der Waals surface area contributed by atoms with Crippen LogP contribution >= 0.6 is 11.6 Å². The third kappa shape index (κ3) is 6.24. The number of methoxy groups -OCH3 is 1. The number of anilines is 1. The lowest BCUT2D eigenvalue weighted by molar-refractivity contribution is -0.118. The van der Waals surface area contributed by atoms with Crippen molar-refractivity contribution < 1.29 is 33.7 Å². The van der Waals surface area contributed by atoms with Gasteiger partial charge < -0.3 is 34.9 Å². The summed E-state index contributed by atoms with van der Waals surface area (Å²) in [5.41, 5.74) is 7.95. The Bertz CT molecular complexity index is 1660. The van der Waals surface area contributed by atoms with E-state index in [4.69, 9.17) is 26.8 Å². The van der Waals surface area contributed by atoms with Gasteiger partial charge in [-0.1, -0.05) is 35.9 Å². The number of amides is 3. The summed E-state index contributed by atoms with van der Waals surface area (Å²) in [6, 6.07) is 18.1. The fraction of sp³-hybridized carbons (Fsp3) is 0.417. The zero-order valence-corrected chi connectivity index (χ0v) is 27.7. The fourth-order valence-electron chi connectivity index (χ4n) is 7.60. The number of rotatable bonds is 7. The molecule has 3 aliphatic rings. The molecule has 0 radical (unpaired) electrons. The normalized spacial score (nSPS) is 23.3. The molecule has 2 fully saturated rings. The predicted molar refractivity (Wildman–Crippen MR) is 177 cm³/mol. The maximum atomic E-state index is 13.9. The van der Waals surface area contributed by atoms with E-state index in [9.17, 15) is 19.5 Å². The number of halogens is 1. The van der Waals surface area contributed by atoms with E-state index in [1.165, 1.54) is 0 Å². The molecule has 3 N–H and O–H groups in total. The van der Waals surface area contributed by atoms with Gasteiger partial charge >= 0.3 is 12.2 Å². The molecule has 3 aromatic rings. The largest absolute Gasteiger partial charge is 0.493 e. The lowest BCUT2D eigenvalue weighted by Gasteiger charge is -2.43. The van der Waals surface area contributed by atoms with Gasteiger partial charge in [0, 0.05) is 22.8 Å². The van der Waals surface area contributed by atoms with Gasteiger partial charge in [-0.05, 0) is 111 Å². The van der Waals surface area contributed by atoms with Crippen molar-refractivity contribution in [1.82, 2.24) is 4.90 Å². The van der Waals surface area contributed by atoms with Crippen molar-refractivity contribution in [3.05, 3.63) is 87.9 Å². The van der Waals surface area contributed by atoms with Crippen LogP contribution in [-0.4, -0.2) is 53.4 Å². The van der Waals surface area contributed by atoms with Crippen LogP contribution in [-0.2, 0) is 21.6 Å². The van der Waals surface area contributed by atoms with Crippen LogP contribution in [0.5, 0.6) is 11.5 Å². The van der Waals surface area contributed by atoms with Crippen molar-refractivity contribution >= 4 is 35.4 Å². The molecule has 6 rings (SSSR count). The summed E-state index contributed by atoms with van der Waals surface area (Å²) in [7, 11) is 1.59. The topological polar surface area (TPSA) is 132 Å². The van der Waals surface area contributed by atoms with Gasteiger partial charge in [-0.25, -0.2) is 9.59 Å². The molecular formula is C36H40ClN3O7. The van der Waals surface area contributed by atoms with Crippen molar-refractivity contribution in [2.24, 2.45) is 11.7 Å². The number of ether oxygens (including phenoxy) is 3. The van der Waals surface area contributed by atoms with Gasteiger partial charge in [-0.2, -0.15) is 0 Å². The molecule has 3 amide bonds. The van der Waals surface area contributed by atoms with Crippen LogP contribution in [0.3, 0.4) is 0 Å². The zero-order chi connectivity index (χ0) is 33.6. The number of fused-ring (bicyclic) bond motifs is 3. The summed E-state index contributed by atoms with van der Waals surface area (Å²) in [5.74, 6) is 0.958. The van der Waals surface area contributed by atoms with Gasteiger partial charge in [0.25, 0.3) is 0 Å². The number of aliphatic hydroxyl groups is 1. The Balaban J connectivity index is 1.31. The molecule has 11 heteroatoms. The number of primary amides is 1. The van der Waals surface area contributed by atoms with Gasteiger partial charge in [0.15, 0.2) is 11.5 Å². The van der Waals surface area contributed by atoms with Gasteiger partial charge in [0.2, 0.25) is 5.91 Å². The van der Waals surface area contributed by atoms with E-state index in [1.807, 2.05) is 74.5 Å². The quantitative estimate of drug-likeness (QED) is 0.277. The second-order valence-electron chi connectivity index (χ2n) is 13.1. The molecule has 4 atom stereocenters. The van der Waals surface area contributed by atoms with Gasteiger partial charge in [-0.3, -0.25) is 4.79 Å². The molecule has 10 nitrogen and oxygen atoms in total. The summed E-state index contributed by atoms with van der Waals surface area (Å²) in [6.45, 7) is 5.70. The van der Waals surface area contributed by atoms with Crippen molar-refractivity contribution in [3.63, 3.8) is 0 Å². The Morgan fingerprint density at radius 1 is 1.00 bits per heavy atom. The summed E-state index contributed by atoms with van der Waals surface area (Å²) in [6.07, 6.45) is 0.904. The van der Waals surface area contributed by atoms with Crippen molar-refractivity contribution in [2.45, 2.75) is 82.7 Å². The first-order valence-electron chi connectivity index (χ1n) is 15.9. The third-order valence-electron chi connectivity index (χ3n) is 9.79. The van der Waals surface area contributed by atoms with Crippen LogP contribution in [0.4, 0.5) is 15.3 Å². The van der Waals surface area contributed by atoms with Crippen LogP contribution in [0.25, 0.3) is 0 Å². The average molecular weight is 662 g/mol. The number of carbonyl (C=O) groups is 3. The number of nitrogens with two attached hydrogens (primary N) is 1. The third-order valence-corrected chi connectivity index (χ3v) is 10.0. The van der Waals surface area contributed by atoms with Crippen molar-refractivity contribution in [1.29, 1.82) is 0 Å². The van der Waals surface area contributed by atoms with Crippen LogP contribution in [0.2, 0.25) is 5.02 Å². The lowest BCUT2D eigenvalue weighted by Crippen LogP contribution is -2.51. The van der Waals surface area contributed by atoms with Gasteiger partial charge in [0.1, 0.15) is 0 Å². The van der Waals surface area contributed by atoms with E-state index >= 15 is 0 Å². The predicted octanol–water partition coefficient (Wildman–Crippen LogP) is 6.48. The first-order valence-corrected chi connectivity index (χ1v) is 16.3. The Morgan fingerprint density at radius 3 is 2.21 bits per heavy atom. The second kappa shape index (κ2) is 12.7. The SMILES string of the molecule is COc1cc2c(cc1OC(C)C)C(c1ccc(Cl)cc1)N(c1ccc(C(C)(O)C3CC4CCC(C3)N4C(=O)OC(N)=O)cc1)C(=O)C2. The van der Waals surface area contributed by atoms with E-state index in [0.717, 1.165) is 29.5 Å². The Hall–Kier alpha value is -4.28. The Morgan fingerprint density at radius 2 is 1.64 bits per heavy atom. The highest BCUT2D eigenvalue weighted by Gasteiger charge is 2.49. The lowest BCUT2D eigenvalue weighted by atomic mass is 9.75. The number of piperidine rings is 1. The molecule has 3 heterocycles. The Labute approximate surface area is 279 Å². The smallest absolute Gasteiger partial charge is 0.419 e. The summed E-state index contributed by atoms with van der Waals surface area (Å²) < 4.78 is 16.4. The zero-order valence-electron chi connectivity index (χ0n) is 26.9. The minimum absolute atomic E-state index is 0.0796. The van der Waals surface area contributed by atoms with E-state index in [2.05, 4.69) is 4.74 Å². The number of hydrogen-bond donors (Lipinski definition) is 2. The minimum Gasteiger partial charge on any atom is -0.493 e. The summed E-state index contributed by atoms with van der Waals surface area (Å²) >= 11 is 6.26. The average Bonchev–Trinajstić information content (AvgIpc) is 3.29. The van der Waals surface area contributed by atoms with Gasteiger partial charge in [-0.15, -0.1) is 0 Å². The van der Waals surface area contributed by atoms with Crippen LogP contribution < -0.4 is 20.1 Å². The van der Waals surface area contributed by atoms with Gasteiger partial charge in [0.05, 0.1) is 31.3 Å². The molecule has 4 unspecified atom stereocenters. The van der Waals surface area contributed by atoms with E-state index in [1.54, 1.807) is 23.8 Å². The maximum Gasteiger partial charge on any atom is 0.419 e. The molecule has 0 saturated carbocycles. The van der Waals surface area contributed by atoms with Crippen LogP contribution in [0.15, 0.2) is 60.7 Å². The molecule has 0 spiro atoms. The highest BCUT2D eigenvalue weighted by molar-refractivity contribution is 6.30. The molecule has 3 aliphatic heterocycles. The molecule has 248 valence electrons. The van der Waals surface area contributed by atoms with E-state index in [0.29, 0.717) is 40.6 Å². The Kier molecular flexibility index (Phi) is 8.84. The van der Waals surface area contributed by atoms with Crippen molar-refractivity contribution in [3.8, 4) is 11.5 Å². The highest BCUT2D eigenvalue weighted by Crippen LogP contribution is 2.48. The van der Waals surface area contributed by atoms with Crippen LogP contribution in [0.1, 0.15) is 74.8 Å².